The normalized spacial score (nSPS) is 13.6. The van der Waals surface area contributed by atoms with Crippen LogP contribution in [0.25, 0.3) is 22.8 Å². The van der Waals surface area contributed by atoms with E-state index in [1.165, 1.54) is 18.2 Å². The number of benzene rings is 3. The second-order valence-electron chi connectivity index (χ2n) is 7.25. The van der Waals surface area contributed by atoms with Crippen LogP contribution in [0, 0.1) is 5.82 Å². The molecule has 0 spiro atoms. The first-order chi connectivity index (χ1) is 15.2. The average molecular weight is 415 g/mol. The predicted molar refractivity (Wildman–Crippen MR) is 112 cm³/mol. The maximum atomic E-state index is 13.4. The topological polar surface area (TPSA) is 68.5 Å². The number of rotatable bonds is 5. The Morgan fingerprint density at radius 1 is 1.00 bits per heavy atom. The SMILES string of the molecule is O=C(c1cccc(F)c1)N1CC(Oc2ccccc2-c2nc(-c3ccccc3)no2)C1. The van der Waals surface area contributed by atoms with E-state index in [1.54, 1.807) is 11.0 Å². The van der Waals surface area contributed by atoms with E-state index < -0.39 is 5.82 Å². The van der Waals surface area contributed by atoms with Crippen LogP contribution in [0.5, 0.6) is 5.75 Å². The van der Waals surface area contributed by atoms with Gasteiger partial charge < -0.3 is 14.2 Å². The first-order valence-corrected chi connectivity index (χ1v) is 9.87. The molecule has 1 aliphatic heterocycles. The zero-order valence-corrected chi connectivity index (χ0v) is 16.4. The summed E-state index contributed by atoms with van der Waals surface area (Å²) in [5, 5.41) is 4.07. The van der Waals surface area contributed by atoms with Gasteiger partial charge >= 0.3 is 0 Å². The maximum absolute atomic E-state index is 13.4. The molecule has 0 atom stereocenters. The highest BCUT2D eigenvalue weighted by molar-refractivity contribution is 5.94. The van der Waals surface area contributed by atoms with E-state index in [0.717, 1.165) is 5.56 Å². The van der Waals surface area contributed by atoms with Crippen molar-refractivity contribution in [2.45, 2.75) is 6.10 Å². The monoisotopic (exact) mass is 415 g/mol. The van der Waals surface area contributed by atoms with E-state index in [-0.39, 0.29) is 12.0 Å². The summed E-state index contributed by atoms with van der Waals surface area (Å²) < 4.78 is 24.9. The van der Waals surface area contributed by atoms with Crippen LogP contribution < -0.4 is 4.74 Å². The summed E-state index contributed by atoms with van der Waals surface area (Å²) in [6.07, 6.45) is -0.171. The first kappa shape index (κ1) is 19.0. The Bertz CT molecular complexity index is 1220. The summed E-state index contributed by atoms with van der Waals surface area (Å²) in [5.74, 6) is 0.829. The lowest BCUT2D eigenvalue weighted by Gasteiger charge is -2.39. The molecule has 1 amide bonds. The van der Waals surface area contributed by atoms with Gasteiger partial charge in [-0.3, -0.25) is 4.79 Å². The fourth-order valence-electron chi connectivity index (χ4n) is 3.45. The van der Waals surface area contributed by atoms with Crippen molar-refractivity contribution in [3.8, 4) is 28.6 Å². The Morgan fingerprint density at radius 3 is 2.58 bits per heavy atom. The number of amides is 1. The van der Waals surface area contributed by atoms with Gasteiger partial charge in [0.25, 0.3) is 11.8 Å². The van der Waals surface area contributed by atoms with Gasteiger partial charge in [0.1, 0.15) is 17.7 Å². The molecule has 154 valence electrons. The molecule has 0 aliphatic carbocycles. The van der Waals surface area contributed by atoms with Gasteiger partial charge in [0.05, 0.1) is 18.7 Å². The lowest BCUT2D eigenvalue weighted by atomic mass is 10.1. The number of hydrogen-bond acceptors (Lipinski definition) is 5. The zero-order valence-electron chi connectivity index (χ0n) is 16.4. The first-order valence-electron chi connectivity index (χ1n) is 9.87. The molecule has 5 rings (SSSR count). The minimum absolute atomic E-state index is 0.171. The lowest BCUT2D eigenvalue weighted by molar-refractivity contribution is 0.0179. The molecule has 0 N–H and O–H groups in total. The standard InChI is InChI=1S/C24H18FN3O3/c25-18-10-6-9-17(13-18)24(29)28-14-19(15-28)30-21-12-5-4-11-20(21)23-26-22(27-31-23)16-7-2-1-3-8-16/h1-13,19H,14-15H2. The third-order valence-electron chi connectivity index (χ3n) is 5.08. The Hall–Kier alpha value is -4.00. The van der Waals surface area contributed by atoms with Crippen LogP contribution >= 0.6 is 0 Å². The maximum Gasteiger partial charge on any atom is 0.262 e. The third-order valence-corrected chi connectivity index (χ3v) is 5.08. The number of ether oxygens (including phenoxy) is 1. The van der Waals surface area contributed by atoms with Crippen molar-refractivity contribution in [2.24, 2.45) is 0 Å². The smallest absolute Gasteiger partial charge is 0.262 e. The van der Waals surface area contributed by atoms with E-state index in [0.29, 0.717) is 41.7 Å². The van der Waals surface area contributed by atoms with E-state index >= 15 is 0 Å². The van der Waals surface area contributed by atoms with Crippen LogP contribution in [0.3, 0.4) is 0 Å². The molecule has 1 aromatic heterocycles. The Kier molecular flexibility index (Phi) is 4.92. The van der Waals surface area contributed by atoms with Crippen molar-refractivity contribution in [3.05, 3.63) is 90.2 Å². The quantitative estimate of drug-likeness (QED) is 0.482. The highest BCUT2D eigenvalue weighted by Gasteiger charge is 2.33. The number of halogens is 1. The third kappa shape index (κ3) is 3.90. The fraction of sp³-hybridized carbons (Fsp3) is 0.125. The number of para-hydroxylation sites is 1. The summed E-state index contributed by atoms with van der Waals surface area (Å²) >= 11 is 0. The summed E-state index contributed by atoms with van der Waals surface area (Å²) in [5.41, 5.74) is 1.88. The van der Waals surface area contributed by atoms with Crippen molar-refractivity contribution in [2.75, 3.05) is 13.1 Å². The minimum Gasteiger partial charge on any atom is -0.486 e. The van der Waals surface area contributed by atoms with Gasteiger partial charge in [0.2, 0.25) is 5.82 Å². The predicted octanol–water partition coefficient (Wildman–Crippen LogP) is 4.45. The highest BCUT2D eigenvalue weighted by atomic mass is 19.1. The molecule has 0 bridgehead atoms. The van der Waals surface area contributed by atoms with Crippen molar-refractivity contribution in [1.29, 1.82) is 0 Å². The molecular formula is C24H18FN3O3. The summed E-state index contributed by atoms with van der Waals surface area (Å²) in [7, 11) is 0. The van der Waals surface area contributed by atoms with E-state index in [2.05, 4.69) is 10.1 Å². The molecule has 2 heterocycles. The van der Waals surface area contributed by atoms with Crippen molar-refractivity contribution in [3.63, 3.8) is 0 Å². The van der Waals surface area contributed by atoms with Crippen LogP contribution in [-0.4, -0.2) is 40.1 Å². The van der Waals surface area contributed by atoms with E-state index in [9.17, 15) is 9.18 Å². The van der Waals surface area contributed by atoms with Gasteiger partial charge in [0, 0.05) is 11.1 Å². The molecule has 3 aromatic carbocycles. The average Bonchev–Trinajstić information content (AvgIpc) is 3.26. The summed E-state index contributed by atoms with van der Waals surface area (Å²) in [4.78, 5) is 18.6. The van der Waals surface area contributed by atoms with Gasteiger partial charge in [-0.05, 0) is 30.3 Å². The molecule has 0 radical (unpaired) electrons. The number of carbonyl (C=O) groups is 1. The number of carbonyl (C=O) groups excluding carboxylic acids is 1. The van der Waals surface area contributed by atoms with Gasteiger partial charge in [-0.15, -0.1) is 0 Å². The van der Waals surface area contributed by atoms with Crippen LogP contribution in [0.1, 0.15) is 10.4 Å². The largest absolute Gasteiger partial charge is 0.486 e. The molecule has 4 aromatic rings. The molecule has 1 fully saturated rings. The molecule has 1 saturated heterocycles. The number of likely N-dealkylation sites (tertiary alicyclic amines) is 1. The van der Waals surface area contributed by atoms with Gasteiger partial charge in [-0.25, -0.2) is 4.39 Å². The summed E-state index contributed by atoms with van der Waals surface area (Å²) in [6.45, 7) is 0.839. The van der Waals surface area contributed by atoms with Crippen molar-refractivity contribution in [1.82, 2.24) is 15.0 Å². The Morgan fingerprint density at radius 2 is 1.77 bits per heavy atom. The van der Waals surface area contributed by atoms with Gasteiger partial charge in [0.15, 0.2) is 0 Å². The molecular weight excluding hydrogens is 397 g/mol. The van der Waals surface area contributed by atoms with Crippen LogP contribution in [0.15, 0.2) is 83.4 Å². The van der Waals surface area contributed by atoms with E-state index in [4.69, 9.17) is 9.26 Å². The van der Waals surface area contributed by atoms with Crippen molar-refractivity contribution < 1.29 is 18.4 Å². The zero-order chi connectivity index (χ0) is 21.2. The van der Waals surface area contributed by atoms with Crippen LogP contribution in [0.4, 0.5) is 4.39 Å². The number of nitrogens with zero attached hydrogens (tertiary/aromatic N) is 3. The molecule has 6 nitrogen and oxygen atoms in total. The van der Waals surface area contributed by atoms with Crippen LogP contribution in [0.2, 0.25) is 0 Å². The molecule has 0 saturated carbocycles. The Labute approximate surface area is 177 Å². The number of aromatic nitrogens is 2. The summed E-state index contributed by atoms with van der Waals surface area (Å²) in [6, 6.07) is 22.7. The molecule has 1 aliphatic rings. The van der Waals surface area contributed by atoms with E-state index in [1.807, 2.05) is 54.6 Å². The minimum atomic E-state index is -0.428. The molecule has 0 unspecified atom stereocenters. The van der Waals surface area contributed by atoms with Crippen molar-refractivity contribution >= 4 is 5.91 Å². The molecule has 31 heavy (non-hydrogen) atoms. The molecule has 7 heteroatoms. The second kappa shape index (κ2) is 8.02. The van der Waals surface area contributed by atoms with Crippen LogP contribution in [-0.2, 0) is 0 Å². The van der Waals surface area contributed by atoms with Gasteiger partial charge in [-0.1, -0.05) is 53.7 Å². The van der Waals surface area contributed by atoms with Gasteiger partial charge in [-0.2, -0.15) is 4.98 Å². The number of hydrogen-bond donors (Lipinski definition) is 0. The highest BCUT2D eigenvalue weighted by Crippen LogP contribution is 2.32. The fourth-order valence-corrected chi connectivity index (χ4v) is 3.45. The second-order valence-corrected chi connectivity index (χ2v) is 7.25. The Balaban J connectivity index is 1.28. The lowest BCUT2D eigenvalue weighted by Crippen LogP contribution is -2.56.